The molecule has 0 atom stereocenters. The van der Waals surface area contributed by atoms with Crippen LogP contribution in [0.5, 0.6) is 11.5 Å². The van der Waals surface area contributed by atoms with Crippen LogP contribution in [0.25, 0.3) is 5.57 Å². The van der Waals surface area contributed by atoms with Crippen LogP contribution < -0.4 is 10.1 Å². The molecule has 0 amide bonds. The average molecular weight is 367 g/mol. The standard InChI is InChI=1S/C18H15ClN6O/c1-11-3-5-16(12(2)7-11)26-17-6-4-14(8-15(17)19)21-10-13(9-20)18-22-24-25-23-18/h3-8,10,21H,1-2H3,(H,22,23,24,25). The fraction of sp³-hybridized carbons (Fsp3) is 0.111. The molecule has 1 aromatic heterocycles. The number of anilines is 1. The molecule has 0 saturated heterocycles. The molecule has 26 heavy (non-hydrogen) atoms. The number of H-pyrrole nitrogens is 1. The molecule has 0 bridgehead atoms. The molecule has 2 N–H and O–H groups in total. The van der Waals surface area contributed by atoms with Gasteiger partial charge in [0, 0.05) is 11.9 Å². The Kier molecular flexibility index (Phi) is 5.15. The van der Waals surface area contributed by atoms with Crippen molar-refractivity contribution in [3.8, 4) is 17.6 Å². The highest BCUT2D eigenvalue weighted by Gasteiger charge is 2.08. The van der Waals surface area contributed by atoms with E-state index in [0.29, 0.717) is 16.5 Å². The fourth-order valence-corrected chi connectivity index (χ4v) is 2.50. The number of allylic oxidation sites excluding steroid dienone is 1. The van der Waals surface area contributed by atoms with Crippen molar-refractivity contribution in [2.75, 3.05) is 5.32 Å². The summed E-state index contributed by atoms with van der Waals surface area (Å²) in [5.41, 5.74) is 3.14. The second-order valence-corrected chi connectivity index (χ2v) is 5.97. The van der Waals surface area contributed by atoms with Crippen LogP contribution in [0.1, 0.15) is 17.0 Å². The maximum Gasteiger partial charge on any atom is 0.216 e. The fourth-order valence-electron chi connectivity index (χ4n) is 2.28. The van der Waals surface area contributed by atoms with Gasteiger partial charge in [0.2, 0.25) is 5.82 Å². The van der Waals surface area contributed by atoms with Crippen LogP contribution in [0, 0.1) is 25.2 Å². The number of nitriles is 1. The molecular weight excluding hydrogens is 352 g/mol. The van der Waals surface area contributed by atoms with Gasteiger partial charge in [-0.25, -0.2) is 0 Å². The molecule has 0 aliphatic carbocycles. The largest absolute Gasteiger partial charge is 0.456 e. The third kappa shape index (κ3) is 3.99. The van der Waals surface area contributed by atoms with E-state index in [1.807, 2.05) is 38.1 Å². The van der Waals surface area contributed by atoms with E-state index in [2.05, 4.69) is 25.9 Å². The van der Waals surface area contributed by atoms with E-state index >= 15 is 0 Å². The minimum atomic E-state index is 0.209. The molecule has 3 aromatic rings. The van der Waals surface area contributed by atoms with Gasteiger partial charge in [-0.2, -0.15) is 10.5 Å². The van der Waals surface area contributed by atoms with Crippen LogP contribution in [0.4, 0.5) is 5.69 Å². The Labute approximate surface area is 155 Å². The molecule has 130 valence electrons. The van der Waals surface area contributed by atoms with Crippen LogP contribution in [0.2, 0.25) is 5.02 Å². The Balaban J connectivity index is 1.76. The number of hydrogen-bond donors (Lipinski definition) is 2. The average Bonchev–Trinajstić information content (AvgIpc) is 3.14. The number of nitrogens with one attached hydrogen (secondary N) is 2. The van der Waals surface area contributed by atoms with E-state index in [1.165, 1.54) is 11.8 Å². The quantitative estimate of drug-likeness (QED) is 0.655. The number of benzene rings is 2. The summed E-state index contributed by atoms with van der Waals surface area (Å²) in [4.78, 5) is 0. The first-order valence-corrected chi connectivity index (χ1v) is 8.10. The van der Waals surface area contributed by atoms with Gasteiger partial charge in [-0.15, -0.1) is 10.2 Å². The monoisotopic (exact) mass is 366 g/mol. The van der Waals surface area contributed by atoms with E-state index in [-0.39, 0.29) is 11.4 Å². The van der Waals surface area contributed by atoms with Crippen molar-refractivity contribution in [1.29, 1.82) is 5.26 Å². The molecule has 0 aliphatic heterocycles. The summed E-state index contributed by atoms with van der Waals surface area (Å²) in [6.07, 6.45) is 1.49. The van der Waals surface area contributed by atoms with Gasteiger partial charge in [-0.3, -0.25) is 0 Å². The zero-order valence-corrected chi connectivity index (χ0v) is 14.9. The topological polar surface area (TPSA) is 99.5 Å². The molecule has 0 radical (unpaired) electrons. The number of nitrogens with zero attached hydrogens (tertiary/aromatic N) is 4. The molecule has 3 rings (SSSR count). The first-order chi connectivity index (χ1) is 12.6. The number of aryl methyl sites for hydroxylation is 2. The van der Waals surface area contributed by atoms with Gasteiger partial charge in [-0.1, -0.05) is 29.3 Å². The lowest BCUT2D eigenvalue weighted by Gasteiger charge is -2.12. The molecular formula is C18H15ClN6O. The van der Waals surface area contributed by atoms with Crippen molar-refractivity contribution < 1.29 is 4.74 Å². The van der Waals surface area contributed by atoms with Gasteiger partial charge >= 0.3 is 0 Å². The van der Waals surface area contributed by atoms with Crippen LogP contribution >= 0.6 is 11.6 Å². The third-order valence-electron chi connectivity index (χ3n) is 3.57. The molecule has 2 aromatic carbocycles. The Morgan fingerprint density at radius 2 is 2.04 bits per heavy atom. The second-order valence-electron chi connectivity index (χ2n) is 5.57. The SMILES string of the molecule is Cc1ccc(Oc2ccc(NC=C(C#N)c3nn[nH]n3)cc2Cl)c(C)c1. The highest BCUT2D eigenvalue weighted by Crippen LogP contribution is 2.33. The molecule has 0 spiro atoms. The van der Waals surface area contributed by atoms with Crippen molar-refractivity contribution in [3.63, 3.8) is 0 Å². The number of hydrogen-bond acceptors (Lipinski definition) is 6. The number of tetrazole rings is 1. The minimum Gasteiger partial charge on any atom is -0.456 e. The summed E-state index contributed by atoms with van der Waals surface area (Å²) in [7, 11) is 0. The summed E-state index contributed by atoms with van der Waals surface area (Å²) in [6, 6.07) is 13.2. The van der Waals surface area contributed by atoms with Gasteiger partial charge < -0.3 is 10.1 Å². The molecule has 7 nitrogen and oxygen atoms in total. The minimum absolute atomic E-state index is 0.209. The van der Waals surface area contributed by atoms with Crippen LogP contribution in [-0.2, 0) is 0 Å². The number of aromatic nitrogens is 4. The first kappa shape index (κ1) is 17.5. The van der Waals surface area contributed by atoms with Crippen molar-refractivity contribution in [2.45, 2.75) is 13.8 Å². The van der Waals surface area contributed by atoms with Crippen molar-refractivity contribution in [1.82, 2.24) is 20.6 Å². The highest BCUT2D eigenvalue weighted by molar-refractivity contribution is 6.32. The number of rotatable bonds is 5. The van der Waals surface area contributed by atoms with Gasteiger partial charge in [0.05, 0.1) is 5.02 Å². The van der Waals surface area contributed by atoms with Crippen molar-refractivity contribution in [2.24, 2.45) is 0 Å². The van der Waals surface area contributed by atoms with Crippen LogP contribution in [0.3, 0.4) is 0 Å². The summed E-state index contributed by atoms with van der Waals surface area (Å²) >= 11 is 6.32. The number of aromatic amines is 1. The number of halogens is 1. The van der Waals surface area contributed by atoms with Gasteiger partial charge in [0.1, 0.15) is 23.1 Å². The predicted octanol–water partition coefficient (Wildman–Crippen LogP) is 4.24. The molecule has 0 unspecified atom stereocenters. The summed E-state index contributed by atoms with van der Waals surface area (Å²) in [6.45, 7) is 4.01. The molecule has 8 heteroatoms. The van der Waals surface area contributed by atoms with E-state index in [4.69, 9.17) is 21.6 Å². The van der Waals surface area contributed by atoms with Gasteiger partial charge in [0.15, 0.2) is 0 Å². The first-order valence-electron chi connectivity index (χ1n) is 7.72. The summed E-state index contributed by atoms with van der Waals surface area (Å²) < 4.78 is 5.90. The molecule has 1 heterocycles. The van der Waals surface area contributed by atoms with Crippen molar-refractivity contribution >= 4 is 22.9 Å². The third-order valence-corrected chi connectivity index (χ3v) is 3.87. The number of ether oxygens (including phenoxy) is 1. The normalized spacial score (nSPS) is 11.1. The maximum atomic E-state index is 9.16. The predicted molar refractivity (Wildman–Crippen MR) is 98.8 cm³/mol. The molecule has 0 fully saturated rings. The second kappa shape index (κ2) is 7.68. The molecule has 0 aliphatic rings. The maximum absolute atomic E-state index is 9.16. The zero-order valence-electron chi connectivity index (χ0n) is 14.1. The highest BCUT2D eigenvalue weighted by atomic mass is 35.5. The van der Waals surface area contributed by atoms with Gasteiger partial charge in [-0.05, 0) is 48.9 Å². The van der Waals surface area contributed by atoms with E-state index in [9.17, 15) is 0 Å². The Morgan fingerprint density at radius 3 is 2.69 bits per heavy atom. The Bertz CT molecular complexity index is 991. The van der Waals surface area contributed by atoms with E-state index < -0.39 is 0 Å². The lowest BCUT2D eigenvalue weighted by Crippen LogP contribution is -1.94. The zero-order chi connectivity index (χ0) is 18.5. The lowest BCUT2D eigenvalue weighted by molar-refractivity contribution is 0.479. The van der Waals surface area contributed by atoms with Crippen LogP contribution in [-0.4, -0.2) is 20.6 Å². The van der Waals surface area contributed by atoms with Crippen molar-refractivity contribution in [3.05, 3.63) is 64.6 Å². The Morgan fingerprint density at radius 1 is 1.23 bits per heavy atom. The smallest absolute Gasteiger partial charge is 0.216 e. The molecule has 0 saturated carbocycles. The van der Waals surface area contributed by atoms with Gasteiger partial charge in [0.25, 0.3) is 0 Å². The lowest BCUT2D eigenvalue weighted by atomic mass is 10.1. The van der Waals surface area contributed by atoms with Crippen LogP contribution in [0.15, 0.2) is 42.6 Å². The van der Waals surface area contributed by atoms with E-state index in [1.54, 1.807) is 18.2 Å². The Hall–Kier alpha value is -3.37. The summed E-state index contributed by atoms with van der Waals surface area (Å²) in [5, 5.41) is 25.9. The van der Waals surface area contributed by atoms with E-state index in [0.717, 1.165) is 11.3 Å². The summed E-state index contributed by atoms with van der Waals surface area (Å²) in [5.74, 6) is 1.51.